The van der Waals surface area contributed by atoms with Crippen molar-refractivity contribution in [1.82, 2.24) is 4.98 Å². The summed E-state index contributed by atoms with van der Waals surface area (Å²) in [5, 5.41) is 2.14. The van der Waals surface area contributed by atoms with Crippen LogP contribution in [0.15, 0.2) is 186 Å². The summed E-state index contributed by atoms with van der Waals surface area (Å²) in [6.45, 7) is 2.13. The lowest BCUT2D eigenvalue weighted by molar-refractivity contribution is -0.586. The van der Waals surface area contributed by atoms with Crippen molar-refractivity contribution in [3.05, 3.63) is 204 Å². The number of nitrogen functional groups attached to an aromatic ring is 1. The van der Waals surface area contributed by atoms with Crippen LogP contribution in [-0.4, -0.2) is 16.7 Å². The number of hydrogen-bond donors (Lipinski definition) is 2. The molecule has 1 atom stereocenters. The molecule has 0 fully saturated rings. The molecule has 5 nitrogen and oxygen atoms in total. The number of nitrogens with two attached hydrogens (primary N) is 2. The molecular weight excluding hydrogens is 635 g/mol. The van der Waals surface area contributed by atoms with Gasteiger partial charge in [0.25, 0.3) is 0 Å². The minimum Gasteiger partial charge on any atom is -0.398 e. The van der Waals surface area contributed by atoms with E-state index in [0.717, 1.165) is 61.7 Å². The van der Waals surface area contributed by atoms with Crippen molar-refractivity contribution in [3.8, 4) is 33.5 Å². The molecule has 6 aromatic carbocycles. The van der Waals surface area contributed by atoms with Crippen molar-refractivity contribution in [2.75, 3.05) is 5.73 Å². The Morgan fingerprint density at radius 3 is 1.92 bits per heavy atom. The number of nitrogens with zero attached hydrogens (tertiary/aromatic N) is 3. The van der Waals surface area contributed by atoms with E-state index in [4.69, 9.17) is 15.7 Å². The number of pyridine rings is 1. The largest absolute Gasteiger partial charge is 0.398 e. The highest BCUT2D eigenvalue weighted by Crippen LogP contribution is 2.29. The van der Waals surface area contributed by atoms with Crippen LogP contribution in [-0.2, 0) is 0 Å². The number of amidine groups is 2. The Labute approximate surface area is 304 Å². The Bertz CT molecular complexity index is 2410. The highest BCUT2D eigenvalue weighted by atomic mass is 15.2. The molecule has 0 spiro atoms. The zero-order chi connectivity index (χ0) is 35.3. The monoisotopic (exact) mass is 672 g/mol. The van der Waals surface area contributed by atoms with Crippen LogP contribution >= 0.6 is 0 Å². The van der Waals surface area contributed by atoms with Crippen LogP contribution in [0.25, 0.3) is 45.2 Å². The summed E-state index contributed by atoms with van der Waals surface area (Å²) in [5.41, 5.74) is 20.3. The van der Waals surface area contributed by atoms with Gasteiger partial charge in [0, 0.05) is 28.6 Å². The molecule has 0 saturated heterocycles. The maximum absolute atomic E-state index is 6.63. The molecule has 1 aromatic heterocycles. The molecule has 250 valence electrons. The highest BCUT2D eigenvalue weighted by Gasteiger charge is 2.25. The van der Waals surface area contributed by atoms with Gasteiger partial charge in [-0.2, -0.15) is 4.99 Å². The predicted molar refractivity (Wildman–Crippen MR) is 216 cm³/mol. The third-order valence-electron chi connectivity index (χ3n) is 9.45. The summed E-state index contributed by atoms with van der Waals surface area (Å²) < 4.78 is 0. The van der Waals surface area contributed by atoms with E-state index in [1.165, 1.54) is 16.7 Å². The summed E-state index contributed by atoms with van der Waals surface area (Å²) in [5.74, 6) is 1.59. The molecule has 7 aromatic rings. The molecule has 8 rings (SSSR count). The maximum Gasteiger partial charge on any atom is 0.235 e. The van der Waals surface area contributed by atoms with Crippen molar-refractivity contribution in [3.63, 3.8) is 0 Å². The number of aromatic nitrogens is 1. The lowest BCUT2D eigenvalue weighted by Crippen LogP contribution is -2.90. The second kappa shape index (κ2) is 14.7. The molecular formula is C47H38N5+. The van der Waals surface area contributed by atoms with Gasteiger partial charge in [-0.1, -0.05) is 140 Å². The van der Waals surface area contributed by atoms with Crippen LogP contribution in [0.5, 0.6) is 0 Å². The molecule has 1 unspecified atom stereocenters. The van der Waals surface area contributed by atoms with Gasteiger partial charge in [0.15, 0.2) is 5.84 Å². The van der Waals surface area contributed by atoms with Gasteiger partial charge < -0.3 is 5.73 Å². The Kier molecular flexibility index (Phi) is 9.16. The molecule has 5 heteroatoms. The second-order valence-corrected chi connectivity index (χ2v) is 13.0. The SMILES string of the molecule is C/C(=C\c1ccc(-c2ccc(C3=NC(c4ccccc4)[NH2+]C(c4cccc(-c5ccccn5)c4)=N3)cc2)cc1N)c1ccc(-c2ccccc2)cc1. The topological polar surface area (TPSA) is 80.2 Å². The molecule has 4 N–H and O–H groups in total. The Balaban J connectivity index is 1.05. The summed E-state index contributed by atoms with van der Waals surface area (Å²) in [6, 6.07) is 58.6. The molecule has 0 bridgehead atoms. The van der Waals surface area contributed by atoms with E-state index in [9.17, 15) is 0 Å². The third-order valence-corrected chi connectivity index (χ3v) is 9.45. The average molecular weight is 673 g/mol. The van der Waals surface area contributed by atoms with Gasteiger partial charge in [0.2, 0.25) is 12.0 Å². The van der Waals surface area contributed by atoms with Gasteiger partial charge in [-0.15, -0.1) is 0 Å². The molecule has 1 aliphatic rings. The van der Waals surface area contributed by atoms with E-state index in [1.54, 1.807) is 0 Å². The molecule has 2 heterocycles. The molecule has 1 aliphatic heterocycles. The number of quaternary nitrogens is 1. The van der Waals surface area contributed by atoms with Crippen LogP contribution < -0.4 is 11.1 Å². The van der Waals surface area contributed by atoms with Crippen molar-refractivity contribution in [2.45, 2.75) is 13.1 Å². The molecule has 0 aliphatic carbocycles. The molecule has 52 heavy (non-hydrogen) atoms. The number of benzene rings is 6. The average Bonchev–Trinajstić information content (AvgIpc) is 3.22. The molecule has 0 radical (unpaired) electrons. The van der Waals surface area contributed by atoms with Crippen LogP contribution in [0.2, 0.25) is 0 Å². The van der Waals surface area contributed by atoms with Crippen LogP contribution in [0.1, 0.15) is 40.9 Å². The van der Waals surface area contributed by atoms with Gasteiger partial charge in [-0.05, 0) is 82.3 Å². The normalized spacial score (nSPS) is 14.4. The van der Waals surface area contributed by atoms with E-state index in [1.807, 2.05) is 36.5 Å². The maximum atomic E-state index is 6.63. The quantitative estimate of drug-likeness (QED) is 0.125. The summed E-state index contributed by atoms with van der Waals surface area (Å²) >= 11 is 0. The Morgan fingerprint density at radius 2 is 1.19 bits per heavy atom. The first-order valence-electron chi connectivity index (χ1n) is 17.5. The minimum absolute atomic E-state index is 0.160. The Morgan fingerprint density at radius 1 is 0.577 bits per heavy atom. The summed E-state index contributed by atoms with van der Waals surface area (Å²) in [4.78, 5) is 14.8. The van der Waals surface area contributed by atoms with E-state index in [-0.39, 0.29) is 6.17 Å². The van der Waals surface area contributed by atoms with Crippen LogP contribution in [0.3, 0.4) is 0 Å². The zero-order valence-electron chi connectivity index (χ0n) is 28.9. The second-order valence-electron chi connectivity index (χ2n) is 13.0. The van der Waals surface area contributed by atoms with Crippen molar-refractivity contribution >= 4 is 29.0 Å². The number of rotatable bonds is 8. The Hall–Kier alpha value is -6.69. The van der Waals surface area contributed by atoms with Crippen molar-refractivity contribution in [2.24, 2.45) is 9.98 Å². The lowest BCUT2D eigenvalue weighted by Gasteiger charge is -2.19. The van der Waals surface area contributed by atoms with Crippen LogP contribution in [0, 0.1) is 0 Å². The first-order valence-corrected chi connectivity index (χ1v) is 17.5. The van der Waals surface area contributed by atoms with E-state index in [0.29, 0.717) is 5.84 Å². The fraction of sp³-hybridized carbons (Fsp3) is 0.0426. The number of hydrogen-bond acceptors (Lipinski definition) is 4. The number of anilines is 1. The summed E-state index contributed by atoms with van der Waals surface area (Å²) in [6.07, 6.45) is 3.82. The summed E-state index contributed by atoms with van der Waals surface area (Å²) in [7, 11) is 0. The number of allylic oxidation sites excluding steroid dienone is 1. The van der Waals surface area contributed by atoms with Gasteiger partial charge in [0.05, 0.1) is 11.3 Å². The van der Waals surface area contributed by atoms with Gasteiger partial charge in [0.1, 0.15) is 0 Å². The third kappa shape index (κ3) is 7.13. The van der Waals surface area contributed by atoms with Crippen LogP contribution in [0.4, 0.5) is 5.69 Å². The highest BCUT2D eigenvalue weighted by molar-refractivity contribution is 6.09. The predicted octanol–water partition coefficient (Wildman–Crippen LogP) is 9.69. The van der Waals surface area contributed by atoms with E-state index in [2.05, 4.69) is 163 Å². The number of aliphatic imine (C=N–C) groups is 2. The fourth-order valence-corrected chi connectivity index (χ4v) is 6.56. The van der Waals surface area contributed by atoms with E-state index >= 15 is 0 Å². The van der Waals surface area contributed by atoms with E-state index < -0.39 is 0 Å². The van der Waals surface area contributed by atoms with Gasteiger partial charge in [-0.3, -0.25) is 10.3 Å². The van der Waals surface area contributed by atoms with Crippen molar-refractivity contribution < 1.29 is 5.32 Å². The fourth-order valence-electron chi connectivity index (χ4n) is 6.56. The first-order chi connectivity index (χ1) is 25.6. The minimum atomic E-state index is -0.160. The lowest BCUT2D eigenvalue weighted by atomic mass is 9.97. The van der Waals surface area contributed by atoms with Gasteiger partial charge >= 0.3 is 0 Å². The zero-order valence-corrected chi connectivity index (χ0v) is 28.9. The van der Waals surface area contributed by atoms with Crippen molar-refractivity contribution in [1.29, 1.82) is 0 Å². The smallest absolute Gasteiger partial charge is 0.235 e. The molecule has 0 amide bonds. The standard InChI is InChI=1S/C47H37N5/c1-32(33-18-20-35(21-19-33)34-11-4-2-5-12-34)29-40-27-26-39(31-43(40)48)36-22-24-38(25-23-36)46-50-45(37-13-6-3-7-14-37)51-47(52-46)42-16-10-15-41(30-42)44-17-8-9-28-49-44/h2-31,45H,48H2,1H3,(H,50,51,52)/p+1/b32-29+. The first kappa shape index (κ1) is 32.5. The molecule has 0 saturated carbocycles. The van der Waals surface area contributed by atoms with Gasteiger partial charge in [-0.25, -0.2) is 4.99 Å².